The zero-order chi connectivity index (χ0) is 16.3. The Balaban J connectivity index is 2.37. The molecular formula is C14H13Cl3N2O3. The molecule has 1 heterocycles. The van der Waals surface area contributed by atoms with Crippen molar-refractivity contribution in [1.82, 2.24) is 0 Å². The molecule has 0 saturated carbocycles. The van der Waals surface area contributed by atoms with Crippen molar-refractivity contribution in [3.63, 3.8) is 0 Å². The second-order valence-corrected chi connectivity index (χ2v) is 5.92. The number of fused-ring (bicyclic) bond motifs is 1. The maximum Gasteiger partial charge on any atom is 0.314 e. The molecule has 0 atom stereocenters. The van der Waals surface area contributed by atoms with Crippen LogP contribution in [0.15, 0.2) is 33.4 Å². The fourth-order valence-electron chi connectivity index (χ4n) is 1.96. The lowest BCUT2D eigenvalue weighted by Crippen LogP contribution is -2.18. The van der Waals surface area contributed by atoms with E-state index in [2.05, 4.69) is 12.2 Å². The molecule has 1 aromatic rings. The summed E-state index contributed by atoms with van der Waals surface area (Å²) >= 11 is 17.0. The van der Waals surface area contributed by atoms with Crippen LogP contribution in [0.1, 0.15) is 25.3 Å². The summed E-state index contributed by atoms with van der Waals surface area (Å²) in [6.45, 7) is 2.66. The van der Waals surface area contributed by atoms with E-state index < -0.39 is 4.92 Å². The van der Waals surface area contributed by atoms with Gasteiger partial charge in [0.2, 0.25) is 0 Å². The number of hydrogen-bond donors (Lipinski definition) is 1. The molecule has 0 unspecified atom stereocenters. The number of anilines is 1. The molecule has 1 aliphatic heterocycles. The van der Waals surface area contributed by atoms with Crippen LogP contribution in [0.25, 0.3) is 5.70 Å². The van der Waals surface area contributed by atoms with Gasteiger partial charge in [0.1, 0.15) is 15.9 Å². The summed E-state index contributed by atoms with van der Waals surface area (Å²) in [4.78, 5) is 10.6. The van der Waals surface area contributed by atoms with E-state index in [0.29, 0.717) is 17.9 Å². The average molecular weight is 364 g/mol. The van der Waals surface area contributed by atoms with E-state index in [-0.39, 0.29) is 20.9 Å². The van der Waals surface area contributed by atoms with E-state index >= 15 is 0 Å². The molecule has 0 radical (unpaired) electrons. The Labute approximate surface area is 142 Å². The Morgan fingerprint density at radius 3 is 2.68 bits per heavy atom. The quantitative estimate of drug-likeness (QED) is 0.433. The van der Waals surface area contributed by atoms with Crippen molar-refractivity contribution in [1.29, 1.82) is 0 Å². The molecule has 0 aliphatic carbocycles. The molecule has 0 amide bonds. The fourth-order valence-corrected chi connectivity index (χ4v) is 2.30. The van der Waals surface area contributed by atoms with Crippen LogP contribution in [0.5, 0.6) is 5.75 Å². The lowest BCUT2D eigenvalue weighted by molar-refractivity contribution is -0.418. The second-order valence-electron chi connectivity index (χ2n) is 4.59. The van der Waals surface area contributed by atoms with Crippen LogP contribution >= 0.6 is 34.8 Å². The maximum atomic E-state index is 11.2. The molecule has 1 N–H and O–H groups in total. The second kappa shape index (κ2) is 7.22. The Morgan fingerprint density at radius 1 is 1.36 bits per heavy atom. The van der Waals surface area contributed by atoms with Crippen molar-refractivity contribution >= 4 is 46.2 Å². The molecular weight excluding hydrogens is 351 g/mol. The summed E-state index contributed by atoms with van der Waals surface area (Å²) in [7, 11) is 0. The van der Waals surface area contributed by atoms with Crippen molar-refractivity contribution in [2.75, 3.05) is 11.9 Å². The average Bonchev–Trinajstić information content (AvgIpc) is 2.45. The molecule has 2 rings (SSSR count). The molecule has 1 aliphatic rings. The normalized spacial score (nSPS) is 14.4. The first-order chi connectivity index (χ1) is 10.5. The van der Waals surface area contributed by atoms with Crippen LogP contribution in [-0.4, -0.2) is 11.5 Å². The standard InChI is InChI=1S/C14H13Cl3N2O3/c1-2-3-6-22-8-4-5-10-9(7-8)12(18-10)13(19(20)21)11(15)14(16)17/h4-5,7,18H,2-3,6H2,1H3. The summed E-state index contributed by atoms with van der Waals surface area (Å²) in [5.74, 6) is 0.644. The van der Waals surface area contributed by atoms with E-state index in [1.807, 2.05) is 0 Å². The Hall–Kier alpha value is -1.43. The lowest BCUT2D eigenvalue weighted by Gasteiger charge is -2.25. The third kappa shape index (κ3) is 3.48. The van der Waals surface area contributed by atoms with Crippen molar-refractivity contribution in [3.8, 4) is 5.75 Å². The van der Waals surface area contributed by atoms with E-state index in [4.69, 9.17) is 39.5 Å². The van der Waals surface area contributed by atoms with Gasteiger partial charge in [0, 0.05) is 11.3 Å². The Morgan fingerprint density at radius 2 is 2.09 bits per heavy atom. The summed E-state index contributed by atoms with van der Waals surface area (Å²) in [5.41, 5.74) is 1.31. The zero-order valence-electron chi connectivity index (χ0n) is 11.7. The number of benzene rings is 1. The molecule has 118 valence electrons. The van der Waals surface area contributed by atoms with Crippen molar-refractivity contribution in [3.05, 3.63) is 49.1 Å². The van der Waals surface area contributed by atoms with Gasteiger partial charge in [-0.1, -0.05) is 48.1 Å². The highest BCUT2D eigenvalue weighted by Gasteiger charge is 2.33. The van der Waals surface area contributed by atoms with E-state index in [1.165, 1.54) is 0 Å². The summed E-state index contributed by atoms with van der Waals surface area (Å²) in [5, 5.41) is 13.8. The molecule has 0 spiro atoms. The fraction of sp³-hybridized carbons (Fsp3) is 0.286. The number of nitrogens with one attached hydrogen (secondary N) is 1. The van der Waals surface area contributed by atoms with Gasteiger partial charge in [0.15, 0.2) is 5.03 Å². The van der Waals surface area contributed by atoms with Crippen molar-refractivity contribution in [2.45, 2.75) is 19.8 Å². The number of hydrogen-bond acceptors (Lipinski definition) is 4. The Bertz CT molecular complexity index is 667. The van der Waals surface area contributed by atoms with Gasteiger partial charge in [-0.25, -0.2) is 0 Å². The van der Waals surface area contributed by atoms with Crippen LogP contribution < -0.4 is 10.1 Å². The first-order valence-electron chi connectivity index (χ1n) is 6.59. The summed E-state index contributed by atoms with van der Waals surface area (Å²) in [6.07, 6.45) is 1.96. The van der Waals surface area contributed by atoms with Crippen LogP contribution in [0.2, 0.25) is 0 Å². The third-order valence-electron chi connectivity index (χ3n) is 3.08. The molecule has 5 nitrogen and oxygen atoms in total. The monoisotopic (exact) mass is 362 g/mol. The minimum Gasteiger partial charge on any atom is -0.494 e. The first kappa shape index (κ1) is 16.9. The van der Waals surface area contributed by atoms with Gasteiger partial charge in [-0.3, -0.25) is 10.1 Å². The smallest absolute Gasteiger partial charge is 0.314 e. The molecule has 0 fully saturated rings. The van der Waals surface area contributed by atoms with Gasteiger partial charge in [0.05, 0.1) is 11.5 Å². The summed E-state index contributed by atoms with van der Waals surface area (Å²) < 4.78 is 5.24. The SMILES string of the molecule is CCCCOc1ccc2c(c1)C(=C(C(Cl)=C(Cl)Cl)[N+](=O)[O-])N2. The number of ether oxygens (including phenoxy) is 1. The molecule has 22 heavy (non-hydrogen) atoms. The van der Waals surface area contributed by atoms with E-state index in [1.54, 1.807) is 18.2 Å². The highest BCUT2D eigenvalue weighted by Crippen LogP contribution is 2.42. The van der Waals surface area contributed by atoms with Gasteiger partial charge < -0.3 is 10.1 Å². The van der Waals surface area contributed by atoms with E-state index in [0.717, 1.165) is 18.5 Å². The largest absolute Gasteiger partial charge is 0.494 e. The van der Waals surface area contributed by atoms with Gasteiger partial charge in [-0.15, -0.1) is 0 Å². The highest BCUT2D eigenvalue weighted by atomic mass is 35.5. The topological polar surface area (TPSA) is 64.4 Å². The minimum atomic E-state index is -0.622. The maximum absolute atomic E-state index is 11.2. The number of halogens is 3. The molecule has 0 aromatic heterocycles. The first-order valence-corrected chi connectivity index (χ1v) is 7.73. The zero-order valence-corrected chi connectivity index (χ0v) is 13.9. The van der Waals surface area contributed by atoms with Gasteiger partial charge >= 0.3 is 5.70 Å². The minimum absolute atomic E-state index is 0.268. The number of nitro groups is 1. The van der Waals surface area contributed by atoms with Gasteiger partial charge in [-0.2, -0.15) is 0 Å². The number of allylic oxidation sites excluding steroid dienone is 1. The van der Waals surface area contributed by atoms with Crippen LogP contribution in [0, 0.1) is 10.1 Å². The van der Waals surface area contributed by atoms with Crippen LogP contribution in [-0.2, 0) is 0 Å². The highest BCUT2D eigenvalue weighted by molar-refractivity contribution is 6.60. The third-order valence-corrected chi connectivity index (χ3v) is 4.02. The number of nitrogens with zero attached hydrogens (tertiary/aromatic N) is 1. The van der Waals surface area contributed by atoms with Gasteiger partial charge in [-0.05, 0) is 24.6 Å². The van der Waals surface area contributed by atoms with E-state index in [9.17, 15) is 10.1 Å². The van der Waals surface area contributed by atoms with Crippen LogP contribution in [0.3, 0.4) is 0 Å². The van der Waals surface area contributed by atoms with Gasteiger partial charge in [0.25, 0.3) is 0 Å². The predicted molar refractivity (Wildman–Crippen MR) is 89.0 cm³/mol. The molecule has 0 saturated heterocycles. The Kier molecular flexibility index (Phi) is 5.56. The lowest BCUT2D eigenvalue weighted by atomic mass is 9.99. The van der Waals surface area contributed by atoms with Crippen molar-refractivity contribution in [2.24, 2.45) is 0 Å². The molecule has 1 aromatic carbocycles. The molecule has 0 bridgehead atoms. The van der Waals surface area contributed by atoms with Crippen LogP contribution in [0.4, 0.5) is 5.69 Å². The van der Waals surface area contributed by atoms with Crippen molar-refractivity contribution < 1.29 is 9.66 Å². The number of unbranched alkanes of at least 4 members (excludes halogenated alkanes) is 1. The molecule has 8 heteroatoms. The summed E-state index contributed by atoms with van der Waals surface area (Å²) in [6, 6.07) is 5.32. The number of rotatable bonds is 6. The predicted octanol–water partition coefficient (Wildman–Crippen LogP) is 5.12.